The number of nitrogens with zero attached hydrogens (tertiary/aromatic N) is 1. The van der Waals surface area contributed by atoms with Crippen molar-refractivity contribution in [2.75, 3.05) is 0 Å². The highest BCUT2D eigenvalue weighted by Gasteiger charge is 2.15. The van der Waals surface area contributed by atoms with E-state index < -0.39 is 0 Å². The van der Waals surface area contributed by atoms with E-state index in [1.807, 2.05) is 6.08 Å². The molecule has 0 amide bonds. The van der Waals surface area contributed by atoms with Crippen LogP contribution in [0.4, 0.5) is 0 Å². The summed E-state index contributed by atoms with van der Waals surface area (Å²) in [5.74, 6) is 0. The zero-order chi connectivity index (χ0) is 7.61. The minimum atomic E-state index is 0.131. The maximum Gasteiger partial charge on any atom is 0.0773 e. The van der Waals surface area contributed by atoms with Crippen molar-refractivity contribution < 1.29 is 0 Å². The van der Waals surface area contributed by atoms with Gasteiger partial charge in [-0.2, -0.15) is 0 Å². The molecular weight excluding hydrogens is 122 g/mol. The molecule has 0 aromatic rings. The fourth-order valence-electron chi connectivity index (χ4n) is 0.697. The van der Waals surface area contributed by atoms with Crippen molar-refractivity contribution in [1.29, 1.82) is 0 Å². The monoisotopic (exact) mass is 133 g/mol. The van der Waals surface area contributed by atoms with Crippen LogP contribution in [0, 0.1) is 5.41 Å². The highest BCUT2D eigenvalue weighted by Crippen LogP contribution is 2.17. The second kappa shape index (κ2) is 2.30. The molecule has 1 nitrogen and oxygen atoms in total. The Hall–Kier alpha value is -1.03. The third kappa shape index (κ3) is 1.48. The van der Waals surface area contributed by atoms with Gasteiger partial charge in [0.2, 0.25) is 0 Å². The number of rotatable bonds is 0. The van der Waals surface area contributed by atoms with E-state index in [1.165, 1.54) is 0 Å². The van der Waals surface area contributed by atoms with Gasteiger partial charge in [-0.25, -0.2) is 0 Å². The second-order valence-electron chi connectivity index (χ2n) is 3.33. The van der Waals surface area contributed by atoms with Crippen LogP contribution in [0.15, 0.2) is 28.7 Å². The lowest BCUT2D eigenvalue weighted by Gasteiger charge is -2.17. The Balaban J connectivity index is 2.91. The first-order chi connectivity index (χ1) is 4.61. The molecule has 1 aliphatic heterocycles. The van der Waals surface area contributed by atoms with Crippen LogP contribution >= 0.6 is 0 Å². The van der Waals surface area contributed by atoms with Crippen LogP contribution in [-0.2, 0) is 0 Å². The highest BCUT2D eigenvalue weighted by molar-refractivity contribution is 5.99. The molecule has 0 aliphatic carbocycles. The molecule has 0 N–H and O–H groups in total. The van der Waals surface area contributed by atoms with Gasteiger partial charge in [0.25, 0.3) is 0 Å². The fraction of sp³-hybridized carbons (Fsp3) is 0.444. The Morgan fingerprint density at radius 1 is 1.30 bits per heavy atom. The van der Waals surface area contributed by atoms with E-state index in [0.717, 1.165) is 5.71 Å². The van der Waals surface area contributed by atoms with Gasteiger partial charge in [0.15, 0.2) is 0 Å². The summed E-state index contributed by atoms with van der Waals surface area (Å²) in [6.07, 6.45) is 3.53. The first-order valence-electron chi connectivity index (χ1n) is 3.35. The number of aliphatic imine (C=N–C) groups is 1. The van der Waals surface area contributed by atoms with Gasteiger partial charge < -0.3 is 0 Å². The Bertz CT molecular complexity index is 251. The van der Waals surface area contributed by atoms with Crippen LogP contribution in [0.2, 0.25) is 0 Å². The van der Waals surface area contributed by atoms with Crippen molar-refractivity contribution >= 4 is 5.71 Å². The van der Waals surface area contributed by atoms with Gasteiger partial charge in [0, 0.05) is 11.5 Å². The largest absolute Gasteiger partial charge is 0.251 e. The average Bonchev–Trinajstić information content (AvgIpc) is 1.88. The molecule has 0 aromatic carbocycles. The van der Waals surface area contributed by atoms with Crippen LogP contribution in [0.3, 0.4) is 0 Å². The van der Waals surface area contributed by atoms with Gasteiger partial charge in [0.05, 0.1) is 11.9 Å². The molecule has 1 rings (SSSR count). The standard InChI is InChI=1S/C9H11N/c1-9(2,3)8-6-4-5-7-10-8/h6-7H,1-3H3. The summed E-state index contributed by atoms with van der Waals surface area (Å²) >= 11 is 0. The Labute approximate surface area is 61.5 Å². The summed E-state index contributed by atoms with van der Waals surface area (Å²) in [5.41, 5.74) is 6.84. The number of hydrogen-bond donors (Lipinski definition) is 0. The first-order valence-corrected chi connectivity index (χ1v) is 3.35. The average molecular weight is 133 g/mol. The summed E-state index contributed by atoms with van der Waals surface area (Å²) in [7, 11) is 0. The quantitative estimate of drug-likeness (QED) is 0.450. The third-order valence-electron chi connectivity index (χ3n) is 1.33. The van der Waals surface area contributed by atoms with E-state index in [0.29, 0.717) is 0 Å². The van der Waals surface area contributed by atoms with Crippen LogP contribution < -0.4 is 0 Å². The molecule has 1 aliphatic rings. The Kier molecular flexibility index (Phi) is 1.63. The molecule has 52 valence electrons. The summed E-state index contributed by atoms with van der Waals surface area (Å²) in [5, 5.41) is 0. The van der Waals surface area contributed by atoms with Crippen molar-refractivity contribution in [3.63, 3.8) is 0 Å². The molecular formula is C9H11N. The zero-order valence-corrected chi connectivity index (χ0v) is 6.60. The van der Waals surface area contributed by atoms with Crippen molar-refractivity contribution in [2.24, 2.45) is 10.4 Å². The van der Waals surface area contributed by atoms with E-state index in [1.54, 1.807) is 6.20 Å². The van der Waals surface area contributed by atoms with Crippen LogP contribution in [-0.4, -0.2) is 5.71 Å². The summed E-state index contributed by atoms with van der Waals surface area (Å²) < 4.78 is 0. The zero-order valence-electron chi connectivity index (χ0n) is 6.60. The normalized spacial score (nSPS) is 15.7. The predicted octanol–water partition coefficient (Wildman–Crippen LogP) is 2.31. The molecule has 0 radical (unpaired) electrons. The van der Waals surface area contributed by atoms with Crippen molar-refractivity contribution in [3.8, 4) is 0 Å². The molecule has 0 fully saturated rings. The van der Waals surface area contributed by atoms with Gasteiger partial charge in [-0.1, -0.05) is 32.2 Å². The first kappa shape index (κ1) is 7.08. The smallest absolute Gasteiger partial charge is 0.0773 e. The van der Waals surface area contributed by atoms with E-state index in [-0.39, 0.29) is 5.41 Å². The van der Waals surface area contributed by atoms with Gasteiger partial charge in [-0.15, -0.1) is 0 Å². The molecule has 0 atom stereocenters. The number of hydrogen-bond acceptors (Lipinski definition) is 1. The van der Waals surface area contributed by atoms with Gasteiger partial charge in [0.1, 0.15) is 0 Å². The maximum absolute atomic E-state index is 4.16. The summed E-state index contributed by atoms with van der Waals surface area (Å²) in [6.45, 7) is 6.38. The van der Waals surface area contributed by atoms with E-state index >= 15 is 0 Å². The van der Waals surface area contributed by atoms with Crippen molar-refractivity contribution in [2.45, 2.75) is 20.8 Å². The second-order valence-corrected chi connectivity index (χ2v) is 3.33. The topological polar surface area (TPSA) is 12.4 Å². The van der Waals surface area contributed by atoms with E-state index in [4.69, 9.17) is 0 Å². The molecule has 0 aromatic heterocycles. The van der Waals surface area contributed by atoms with Crippen LogP contribution in [0.25, 0.3) is 0 Å². The van der Waals surface area contributed by atoms with Gasteiger partial charge in [-0.3, -0.25) is 4.99 Å². The van der Waals surface area contributed by atoms with E-state index in [9.17, 15) is 0 Å². The Morgan fingerprint density at radius 2 is 2.00 bits per heavy atom. The molecule has 1 heteroatoms. The van der Waals surface area contributed by atoms with E-state index in [2.05, 4.69) is 37.2 Å². The lowest BCUT2D eigenvalue weighted by molar-refractivity contribution is 0.594. The van der Waals surface area contributed by atoms with Crippen molar-refractivity contribution in [3.05, 3.63) is 23.7 Å². The van der Waals surface area contributed by atoms with Crippen molar-refractivity contribution in [1.82, 2.24) is 0 Å². The highest BCUT2D eigenvalue weighted by atomic mass is 14.7. The SMILES string of the molecule is CC(C)(C)C1=NC=C=C=C1. The van der Waals surface area contributed by atoms with Gasteiger partial charge in [-0.05, 0) is 0 Å². The lowest BCUT2D eigenvalue weighted by Crippen LogP contribution is -2.17. The molecule has 1 heterocycles. The molecule has 10 heavy (non-hydrogen) atoms. The molecule has 0 unspecified atom stereocenters. The summed E-state index contributed by atoms with van der Waals surface area (Å²) in [4.78, 5) is 4.16. The molecule has 0 saturated carbocycles. The third-order valence-corrected chi connectivity index (χ3v) is 1.33. The van der Waals surface area contributed by atoms with Crippen LogP contribution in [0.1, 0.15) is 20.8 Å². The molecule has 0 spiro atoms. The molecule has 0 bridgehead atoms. The summed E-state index contributed by atoms with van der Waals surface area (Å²) in [6, 6.07) is 0. The fourth-order valence-corrected chi connectivity index (χ4v) is 0.697. The number of allylic oxidation sites excluding steroid dienone is 1. The maximum atomic E-state index is 4.16. The predicted molar refractivity (Wildman–Crippen MR) is 43.1 cm³/mol. The molecule has 0 saturated heterocycles. The lowest BCUT2D eigenvalue weighted by atomic mass is 9.89. The minimum Gasteiger partial charge on any atom is -0.251 e. The Morgan fingerprint density at radius 3 is 2.30 bits per heavy atom. The van der Waals surface area contributed by atoms with Gasteiger partial charge >= 0.3 is 0 Å². The minimum absolute atomic E-state index is 0.131. The van der Waals surface area contributed by atoms with Crippen LogP contribution in [0.5, 0.6) is 0 Å².